The van der Waals surface area contributed by atoms with Crippen LogP contribution in [0.4, 0.5) is 0 Å². The van der Waals surface area contributed by atoms with E-state index in [0.717, 1.165) is 13.0 Å². The summed E-state index contributed by atoms with van der Waals surface area (Å²) in [5, 5.41) is 7.98. The first kappa shape index (κ1) is 13.8. The lowest BCUT2D eigenvalue weighted by Crippen LogP contribution is -2.40. The maximum Gasteiger partial charge on any atom is 0.274 e. The third kappa shape index (κ3) is 6.31. The Labute approximate surface area is 86.6 Å². The molecule has 86 valence electrons. The molecule has 0 saturated carbocycles. The normalized spacial score (nSPS) is 26.9. The van der Waals surface area contributed by atoms with Gasteiger partial charge in [0.1, 0.15) is 0 Å². The number of nitrogens with one attached hydrogen (secondary N) is 2. The van der Waals surface area contributed by atoms with Gasteiger partial charge in [-0.25, -0.2) is 9.86 Å². The summed E-state index contributed by atoms with van der Waals surface area (Å²) in [6.45, 7) is 7.48. The van der Waals surface area contributed by atoms with Gasteiger partial charge >= 0.3 is 0 Å². The van der Waals surface area contributed by atoms with Gasteiger partial charge in [0.2, 0.25) is 0 Å². The van der Waals surface area contributed by atoms with Gasteiger partial charge in [0.15, 0.2) is 0 Å². The van der Waals surface area contributed by atoms with Crippen LogP contribution in [0.25, 0.3) is 0 Å². The molecule has 0 radical (unpaired) electrons. The smallest absolute Gasteiger partial charge is 0.274 e. The van der Waals surface area contributed by atoms with Crippen molar-refractivity contribution in [2.45, 2.75) is 33.2 Å². The molecule has 1 rings (SSSR count). The van der Waals surface area contributed by atoms with Crippen LogP contribution in [0.5, 0.6) is 0 Å². The van der Waals surface area contributed by atoms with Gasteiger partial charge in [-0.15, -0.1) is 0 Å². The third-order valence-corrected chi connectivity index (χ3v) is 2.54. The molecule has 0 amide bonds. The molecule has 2 unspecified atom stereocenters. The molecule has 1 aliphatic rings. The van der Waals surface area contributed by atoms with Gasteiger partial charge in [0.05, 0.1) is 0 Å². The Morgan fingerprint density at radius 3 is 2.43 bits per heavy atom. The van der Waals surface area contributed by atoms with Crippen LogP contribution >= 0.6 is 0 Å². The average Bonchev–Trinajstić information content (AvgIpc) is 2.50. The van der Waals surface area contributed by atoms with Crippen LogP contribution in [-0.2, 0) is 10.2 Å². The lowest BCUT2D eigenvalue weighted by Gasteiger charge is -2.09. The fourth-order valence-corrected chi connectivity index (χ4v) is 1.83. The fourth-order valence-electron chi connectivity index (χ4n) is 1.39. The van der Waals surface area contributed by atoms with Crippen LogP contribution < -0.4 is 15.2 Å². The maximum atomic E-state index is 10.5. The van der Waals surface area contributed by atoms with Crippen LogP contribution in [-0.4, -0.2) is 27.5 Å². The van der Waals surface area contributed by atoms with E-state index in [4.69, 9.17) is 5.14 Å². The van der Waals surface area contributed by atoms with E-state index in [1.165, 1.54) is 0 Å². The van der Waals surface area contributed by atoms with Crippen LogP contribution in [0, 0.1) is 5.92 Å². The van der Waals surface area contributed by atoms with E-state index in [1.54, 1.807) is 0 Å². The Kier molecular flexibility index (Phi) is 6.26. The molecule has 0 aliphatic carbocycles. The summed E-state index contributed by atoms with van der Waals surface area (Å²) in [4.78, 5) is 0. The van der Waals surface area contributed by atoms with Crippen molar-refractivity contribution in [3.63, 3.8) is 0 Å². The second-order valence-electron chi connectivity index (χ2n) is 3.34. The number of hydrogen-bond donors (Lipinski definition) is 3. The zero-order chi connectivity index (χ0) is 11.2. The maximum absolute atomic E-state index is 10.5. The fraction of sp³-hybridized carbons (Fsp3) is 1.00. The highest BCUT2D eigenvalue weighted by Gasteiger charge is 2.20. The first-order valence-corrected chi connectivity index (χ1v) is 6.53. The number of rotatable bonds is 3. The van der Waals surface area contributed by atoms with Crippen molar-refractivity contribution < 1.29 is 8.42 Å². The standard InChI is InChI=1S/C6H15N3O2S.C2H6/c1-5-2-6(8-3-5)4-9-12(7,10)11;1-2/h5-6,8-9H,2-4H2,1H3,(H2,7,10,11);1-2H3. The van der Waals surface area contributed by atoms with Crippen molar-refractivity contribution in [3.05, 3.63) is 0 Å². The molecule has 1 aliphatic heterocycles. The molecule has 0 spiro atoms. The molecule has 1 fully saturated rings. The molecule has 6 heteroatoms. The Morgan fingerprint density at radius 1 is 1.50 bits per heavy atom. The van der Waals surface area contributed by atoms with Gasteiger partial charge in [-0.3, -0.25) is 0 Å². The average molecular weight is 223 g/mol. The zero-order valence-corrected chi connectivity index (χ0v) is 9.89. The van der Waals surface area contributed by atoms with E-state index in [9.17, 15) is 8.42 Å². The van der Waals surface area contributed by atoms with Gasteiger partial charge in [-0.2, -0.15) is 8.42 Å². The summed E-state index contributed by atoms with van der Waals surface area (Å²) < 4.78 is 23.3. The predicted octanol–water partition coefficient (Wildman–Crippen LogP) is -0.196. The summed E-state index contributed by atoms with van der Waals surface area (Å²) in [5.74, 6) is 0.622. The Balaban J connectivity index is 0.000000791. The molecular formula is C8H21N3O2S. The van der Waals surface area contributed by atoms with Crippen molar-refractivity contribution in [3.8, 4) is 0 Å². The molecule has 0 aromatic carbocycles. The Hall–Kier alpha value is -0.170. The molecule has 5 nitrogen and oxygen atoms in total. The van der Waals surface area contributed by atoms with E-state index in [1.807, 2.05) is 13.8 Å². The van der Waals surface area contributed by atoms with Gasteiger partial charge in [-0.1, -0.05) is 20.8 Å². The lowest BCUT2D eigenvalue weighted by atomic mass is 10.1. The highest BCUT2D eigenvalue weighted by molar-refractivity contribution is 7.87. The van der Waals surface area contributed by atoms with E-state index in [0.29, 0.717) is 12.5 Å². The second kappa shape index (κ2) is 6.34. The topological polar surface area (TPSA) is 84.2 Å². The van der Waals surface area contributed by atoms with Crippen molar-refractivity contribution in [1.29, 1.82) is 0 Å². The van der Waals surface area contributed by atoms with Gasteiger partial charge < -0.3 is 5.32 Å². The molecule has 0 aromatic rings. The minimum Gasteiger partial charge on any atom is -0.312 e. The summed E-state index contributed by atoms with van der Waals surface area (Å²) >= 11 is 0. The van der Waals surface area contributed by atoms with Crippen molar-refractivity contribution in [1.82, 2.24) is 10.0 Å². The quantitative estimate of drug-likeness (QED) is 0.619. The molecule has 1 saturated heterocycles. The molecule has 14 heavy (non-hydrogen) atoms. The van der Waals surface area contributed by atoms with Crippen molar-refractivity contribution in [2.75, 3.05) is 13.1 Å². The van der Waals surface area contributed by atoms with Crippen LogP contribution in [0.1, 0.15) is 27.2 Å². The lowest BCUT2D eigenvalue weighted by molar-refractivity contribution is 0.545. The minimum absolute atomic E-state index is 0.235. The minimum atomic E-state index is -3.52. The Morgan fingerprint density at radius 2 is 2.07 bits per heavy atom. The van der Waals surface area contributed by atoms with Crippen molar-refractivity contribution >= 4 is 10.2 Å². The molecular weight excluding hydrogens is 202 g/mol. The molecule has 1 heterocycles. The highest BCUT2D eigenvalue weighted by atomic mass is 32.2. The SMILES string of the molecule is CC.CC1CNC(CNS(N)(=O)=O)C1. The van der Waals surface area contributed by atoms with Crippen molar-refractivity contribution in [2.24, 2.45) is 11.1 Å². The molecule has 0 aromatic heterocycles. The first-order valence-electron chi connectivity index (χ1n) is 4.98. The van der Waals surface area contributed by atoms with Crippen LogP contribution in [0.3, 0.4) is 0 Å². The second-order valence-corrected chi connectivity index (χ2v) is 4.72. The summed E-state index contributed by atoms with van der Waals surface area (Å²) in [5.41, 5.74) is 0. The van der Waals surface area contributed by atoms with Crippen LogP contribution in [0.15, 0.2) is 0 Å². The summed E-state index contributed by atoms with van der Waals surface area (Å²) in [6, 6.07) is 0.235. The summed E-state index contributed by atoms with van der Waals surface area (Å²) in [7, 11) is -3.52. The van der Waals surface area contributed by atoms with Crippen LogP contribution in [0.2, 0.25) is 0 Å². The molecule has 0 bridgehead atoms. The van der Waals surface area contributed by atoms with Gasteiger partial charge in [-0.05, 0) is 18.9 Å². The van der Waals surface area contributed by atoms with E-state index < -0.39 is 10.2 Å². The Bertz CT molecular complexity index is 241. The van der Waals surface area contributed by atoms with E-state index in [-0.39, 0.29) is 6.04 Å². The van der Waals surface area contributed by atoms with E-state index in [2.05, 4.69) is 17.0 Å². The molecule has 2 atom stereocenters. The predicted molar refractivity (Wildman–Crippen MR) is 58.0 cm³/mol. The first-order chi connectivity index (χ1) is 6.47. The zero-order valence-electron chi connectivity index (χ0n) is 9.08. The number of hydrogen-bond acceptors (Lipinski definition) is 3. The largest absolute Gasteiger partial charge is 0.312 e. The highest BCUT2D eigenvalue weighted by Crippen LogP contribution is 2.11. The van der Waals surface area contributed by atoms with Gasteiger partial charge in [0, 0.05) is 12.6 Å². The summed E-state index contributed by atoms with van der Waals surface area (Å²) in [6.07, 6.45) is 1.00. The monoisotopic (exact) mass is 223 g/mol. The third-order valence-electron chi connectivity index (χ3n) is 1.97. The van der Waals surface area contributed by atoms with Gasteiger partial charge in [0.25, 0.3) is 10.2 Å². The number of nitrogens with two attached hydrogens (primary N) is 1. The molecule has 4 N–H and O–H groups in total. The van der Waals surface area contributed by atoms with E-state index >= 15 is 0 Å².